The molecule has 3 heteroatoms. The smallest absolute Gasteiger partial charge is 0.242 e. The van der Waals surface area contributed by atoms with Gasteiger partial charge in [0.05, 0.1) is 6.54 Å². The maximum atomic E-state index is 11.9. The molecule has 1 aromatic carbocycles. The Kier molecular flexibility index (Phi) is 5.69. The van der Waals surface area contributed by atoms with E-state index in [1.807, 2.05) is 36.9 Å². The Labute approximate surface area is 110 Å². The molecular weight excluding hydrogens is 224 g/mol. The van der Waals surface area contributed by atoms with Crippen molar-refractivity contribution < 1.29 is 4.79 Å². The molecule has 1 fully saturated rings. The van der Waals surface area contributed by atoms with Gasteiger partial charge >= 0.3 is 0 Å². The van der Waals surface area contributed by atoms with Gasteiger partial charge in [-0.3, -0.25) is 4.79 Å². The van der Waals surface area contributed by atoms with Crippen LogP contribution in [0.15, 0.2) is 30.3 Å². The van der Waals surface area contributed by atoms with Gasteiger partial charge in [0.15, 0.2) is 0 Å². The number of nitrogens with zero attached hydrogens (tertiary/aromatic N) is 2. The first-order valence-corrected chi connectivity index (χ1v) is 6.78. The Morgan fingerprint density at radius 1 is 1.06 bits per heavy atom. The molecule has 1 aliphatic rings. The van der Waals surface area contributed by atoms with Crippen LogP contribution in [0.5, 0.6) is 0 Å². The molecule has 1 aromatic rings. The molecule has 0 aromatic heterocycles. The molecule has 100 valence electrons. The summed E-state index contributed by atoms with van der Waals surface area (Å²) in [6, 6.07) is 10.4. The Morgan fingerprint density at radius 2 is 1.67 bits per heavy atom. The van der Waals surface area contributed by atoms with Crippen molar-refractivity contribution in [1.29, 1.82) is 0 Å². The molecule has 0 radical (unpaired) electrons. The molecule has 0 atom stereocenters. The fourth-order valence-electron chi connectivity index (χ4n) is 2.09. The van der Waals surface area contributed by atoms with E-state index in [-0.39, 0.29) is 5.91 Å². The van der Waals surface area contributed by atoms with Gasteiger partial charge in [0.25, 0.3) is 0 Å². The van der Waals surface area contributed by atoms with E-state index in [0.717, 1.165) is 18.8 Å². The van der Waals surface area contributed by atoms with Crippen molar-refractivity contribution in [2.75, 3.05) is 24.5 Å². The number of piperazine rings is 1. The number of amides is 1. The van der Waals surface area contributed by atoms with Gasteiger partial charge in [-0.05, 0) is 26.0 Å². The Morgan fingerprint density at radius 3 is 2.17 bits per heavy atom. The van der Waals surface area contributed by atoms with E-state index in [9.17, 15) is 4.79 Å². The maximum absolute atomic E-state index is 11.9. The first-order valence-electron chi connectivity index (χ1n) is 6.78. The quantitative estimate of drug-likeness (QED) is 0.803. The van der Waals surface area contributed by atoms with Gasteiger partial charge in [0, 0.05) is 24.8 Å². The van der Waals surface area contributed by atoms with E-state index < -0.39 is 0 Å². The maximum Gasteiger partial charge on any atom is 0.242 e. The molecule has 0 bridgehead atoms. The molecule has 0 N–H and O–H groups in total. The lowest BCUT2D eigenvalue weighted by Gasteiger charge is -2.37. The first kappa shape index (κ1) is 14.6. The normalized spacial score (nSPS) is 15.5. The fourth-order valence-corrected chi connectivity index (χ4v) is 2.09. The van der Waals surface area contributed by atoms with Gasteiger partial charge in [0.1, 0.15) is 0 Å². The molecule has 1 amide bonds. The van der Waals surface area contributed by atoms with E-state index in [1.54, 1.807) is 0 Å². The molecule has 0 spiro atoms. The molecule has 2 rings (SSSR count). The highest BCUT2D eigenvalue weighted by atomic mass is 16.2. The average Bonchev–Trinajstić information content (AvgIpc) is 2.41. The number of hydrogen-bond donors (Lipinski definition) is 0. The van der Waals surface area contributed by atoms with Gasteiger partial charge in [-0.25, -0.2) is 0 Å². The minimum absolute atomic E-state index is 0.227. The molecule has 0 unspecified atom stereocenters. The molecule has 0 saturated carbocycles. The summed E-state index contributed by atoms with van der Waals surface area (Å²) in [6.45, 7) is 10.4. The highest BCUT2D eigenvalue weighted by Crippen LogP contribution is 2.16. The third-order valence-electron chi connectivity index (χ3n) is 3.00. The number of hydrogen-bond acceptors (Lipinski definition) is 2. The van der Waals surface area contributed by atoms with Crippen molar-refractivity contribution in [3.05, 3.63) is 30.3 Å². The average molecular weight is 248 g/mol. The van der Waals surface area contributed by atoms with Gasteiger partial charge in [-0.1, -0.05) is 32.0 Å². The minimum atomic E-state index is 0.227. The van der Waals surface area contributed by atoms with Crippen LogP contribution in [-0.4, -0.2) is 36.5 Å². The van der Waals surface area contributed by atoms with E-state index in [4.69, 9.17) is 0 Å². The van der Waals surface area contributed by atoms with Crippen molar-refractivity contribution in [1.82, 2.24) is 4.90 Å². The molecule has 0 aliphatic carbocycles. The van der Waals surface area contributed by atoms with Crippen LogP contribution in [0.1, 0.15) is 27.7 Å². The number of carbonyl (C=O) groups excluding carboxylic acids is 1. The lowest BCUT2D eigenvalue weighted by Crippen LogP contribution is -2.52. The summed E-state index contributed by atoms with van der Waals surface area (Å²) in [5.74, 6) is 0.227. The van der Waals surface area contributed by atoms with Crippen molar-refractivity contribution in [2.45, 2.75) is 33.7 Å². The topological polar surface area (TPSA) is 23.6 Å². The lowest BCUT2D eigenvalue weighted by atomic mass is 10.2. The standard InChI is InChI=1S/C13H18N2O.C2H6/c1-11(2)15-9-8-14(10-13(15)16)12-6-4-3-5-7-12;1-2/h3-7,11H,8-10H2,1-2H3;1-2H3. The summed E-state index contributed by atoms with van der Waals surface area (Å²) in [7, 11) is 0. The highest BCUT2D eigenvalue weighted by molar-refractivity contribution is 5.83. The van der Waals surface area contributed by atoms with Gasteiger partial charge in [-0.2, -0.15) is 0 Å². The van der Waals surface area contributed by atoms with E-state index in [2.05, 4.69) is 30.9 Å². The SMILES string of the molecule is CC.CC(C)N1CCN(c2ccccc2)CC1=O. The molecule has 1 heterocycles. The second-order valence-corrected chi connectivity index (χ2v) is 4.44. The zero-order chi connectivity index (χ0) is 13.5. The minimum Gasteiger partial charge on any atom is -0.360 e. The van der Waals surface area contributed by atoms with E-state index >= 15 is 0 Å². The van der Waals surface area contributed by atoms with Gasteiger partial charge < -0.3 is 9.80 Å². The van der Waals surface area contributed by atoms with E-state index in [0.29, 0.717) is 12.6 Å². The summed E-state index contributed by atoms with van der Waals surface area (Å²) in [5, 5.41) is 0. The Hall–Kier alpha value is -1.51. The van der Waals surface area contributed by atoms with Crippen LogP contribution in [-0.2, 0) is 4.79 Å². The second kappa shape index (κ2) is 7.04. The fraction of sp³-hybridized carbons (Fsp3) is 0.533. The predicted molar refractivity (Wildman–Crippen MR) is 76.9 cm³/mol. The summed E-state index contributed by atoms with van der Waals surface area (Å²) < 4.78 is 0. The summed E-state index contributed by atoms with van der Waals surface area (Å²) >= 11 is 0. The van der Waals surface area contributed by atoms with Crippen molar-refractivity contribution >= 4 is 11.6 Å². The highest BCUT2D eigenvalue weighted by Gasteiger charge is 2.25. The number of para-hydroxylation sites is 1. The monoisotopic (exact) mass is 248 g/mol. The largest absolute Gasteiger partial charge is 0.360 e. The predicted octanol–water partition coefficient (Wildman–Crippen LogP) is 2.77. The number of benzene rings is 1. The second-order valence-electron chi connectivity index (χ2n) is 4.44. The van der Waals surface area contributed by atoms with Crippen LogP contribution in [0.25, 0.3) is 0 Å². The van der Waals surface area contributed by atoms with Crippen molar-refractivity contribution in [3.8, 4) is 0 Å². The van der Waals surface area contributed by atoms with Crippen molar-refractivity contribution in [3.63, 3.8) is 0 Å². The molecule has 3 nitrogen and oxygen atoms in total. The summed E-state index contributed by atoms with van der Waals surface area (Å²) in [5.41, 5.74) is 1.14. The Bertz CT molecular complexity index is 362. The zero-order valence-electron chi connectivity index (χ0n) is 11.9. The van der Waals surface area contributed by atoms with Gasteiger partial charge in [-0.15, -0.1) is 0 Å². The molecule has 1 aliphatic heterocycles. The van der Waals surface area contributed by atoms with Crippen LogP contribution < -0.4 is 4.90 Å². The van der Waals surface area contributed by atoms with Crippen LogP contribution in [0.4, 0.5) is 5.69 Å². The summed E-state index contributed by atoms with van der Waals surface area (Å²) in [4.78, 5) is 16.0. The lowest BCUT2D eigenvalue weighted by molar-refractivity contribution is -0.132. The zero-order valence-corrected chi connectivity index (χ0v) is 11.9. The number of rotatable bonds is 2. The van der Waals surface area contributed by atoms with Crippen LogP contribution in [0.2, 0.25) is 0 Å². The third-order valence-corrected chi connectivity index (χ3v) is 3.00. The van der Waals surface area contributed by atoms with Crippen molar-refractivity contribution in [2.24, 2.45) is 0 Å². The van der Waals surface area contributed by atoms with Gasteiger partial charge in [0.2, 0.25) is 5.91 Å². The summed E-state index contributed by atoms with van der Waals surface area (Å²) in [6.07, 6.45) is 0. The number of anilines is 1. The molecule has 1 saturated heterocycles. The van der Waals surface area contributed by atoms with Crippen LogP contribution in [0.3, 0.4) is 0 Å². The number of carbonyl (C=O) groups is 1. The molecular formula is C15H24N2O. The Balaban J connectivity index is 0.000000771. The first-order chi connectivity index (χ1) is 8.68. The third kappa shape index (κ3) is 3.49. The van der Waals surface area contributed by atoms with E-state index in [1.165, 1.54) is 0 Å². The molecule has 18 heavy (non-hydrogen) atoms. The van der Waals surface area contributed by atoms with Crippen LogP contribution >= 0.6 is 0 Å². The van der Waals surface area contributed by atoms with Crippen LogP contribution in [0, 0.1) is 0 Å².